The lowest BCUT2D eigenvalue weighted by Gasteiger charge is -2.10. The van der Waals surface area contributed by atoms with E-state index in [0.29, 0.717) is 11.3 Å². The molecule has 0 radical (unpaired) electrons. The third-order valence-corrected chi connectivity index (χ3v) is 2.79. The third-order valence-electron chi connectivity index (χ3n) is 2.79. The molecule has 1 heterocycles. The molecule has 0 aliphatic carbocycles. The van der Waals surface area contributed by atoms with Crippen LogP contribution < -0.4 is 4.74 Å². The van der Waals surface area contributed by atoms with Crippen LogP contribution in [0.4, 0.5) is 4.39 Å². The molecule has 0 amide bonds. The van der Waals surface area contributed by atoms with Crippen molar-refractivity contribution in [3.05, 3.63) is 41.5 Å². The van der Waals surface area contributed by atoms with Gasteiger partial charge in [-0.2, -0.15) is 0 Å². The highest BCUT2D eigenvalue weighted by atomic mass is 19.1. The van der Waals surface area contributed by atoms with Gasteiger partial charge < -0.3 is 9.47 Å². The number of benzene rings is 1. The van der Waals surface area contributed by atoms with Gasteiger partial charge in [-0.05, 0) is 24.6 Å². The number of carbonyl (C=O) groups is 1. The maximum Gasteiger partial charge on any atom is 0.356 e. The molecule has 0 N–H and O–H groups in total. The Kier molecular flexibility index (Phi) is 3.93. The first-order valence-corrected chi connectivity index (χ1v) is 5.83. The molecule has 20 heavy (non-hydrogen) atoms. The highest BCUT2D eigenvalue weighted by Gasteiger charge is 2.18. The van der Waals surface area contributed by atoms with Gasteiger partial charge in [-0.1, -0.05) is 6.07 Å². The van der Waals surface area contributed by atoms with E-state index in [0.717, 1.165) is 0 Å². The Morgan fingerprint density at radius 3 is 2.65 bits per heavy atom. The van der Waals surface area contributed by atoms with Crippen molar-refractivity contribution in [2.24, 2.45) is 0 Å². The number of methoxy groups -OCH3 is 2. The first-order valence-electron chi connectivity index (χ1n) is 5.83. The second kappa shape index (κ2) is 5.64. The summed E-state index contributed by atoms with van der Waals surface area (Å²) in [6.45, 7) is 1.63. The summed E-state index contributed by atoms with van der Waals surface area (Å²) in [4.78, 5) is 19.5. The van der Waals surface area contributed by atoms with Crippen LogP contribution in [0.25, 0.3) is 11.4 Å². The Morgan fingerprint density at radius 2 is 2.00 bits per heavy atom. The van der Waals surface area contributed by atoms with Crippen LogP contribution in [-0.2, 0) is 4.74 Å². The van der Waals surface area contributed by atoms with Crippen LogP contribution in [-0.4, -0.2) is 30.2 Å². The summed E-state index contributed by atoms with van der Waals surface area (Å²) in [7, 11) is 2.68. The second-order valence-corrected chi connectivity index (χ2v) is 4.03. The van der Waals surface area contributed by atoms with Crippen LogP contribution in [0.5, 0.6) is 5.75 Å². The van der Waals surface area contributed by atoms with Gasteiger partial charge in [0.15, 0.2) is 11.5 Å². The lowest BCUT2D eigenvalue weighted by Crippen LogP contribution is -2.07. The first-order chi connectivity index (χ1) is 9.58. The number of aromatic nitrogens is 2. The average Bonchev–Trinajstić information content (AvgIpc) is 2.49. The van der Waals surface area contributed by atoms with Crippen molar-refractivity contribution < 1.29 is 18.7 Å². The molecule has 6 heteroatoms. The zero-order valence-corrected chi connectivity index (χ0v) is 11.3. The Labute approximate surface area is 115 Å². The van der Waals surface area contributed by atoms with Gasteiger partial charge in [0.25, 0.3) is 0 Å². The number of halogens is 1. The van der Waals surface area contributed by atoms with Gasteiger partial charge >= 0.3 is 5.97 Å². The van der Waals surface area contributed by atoms with Gasteiger partial charge in [-0.25, -0.2) is 19.2 Å². The van der Waals surface area contributed by atoms with E-state index in [1.807, 2.05) is 0 Å². The quantitative estimate of drug-likeness (QED) is 0.805. The van der Waals surface area contributed by atoms with Crippen LogP contribution >= 0.6 is 0 Å². The summed E-state index contributed by atoms with van der Waals surface area (Å²) in [5.74, 6) is -0.715. The van der Waals surface area contributed by atoms with E-state index in [-0.39, 0.29) is 17.1 Å². The number of aryl methyl sites for hydroxylation is 1. The van der Waals surface area contributed by atoms with E-state index in [2.05, 4.69) is 14.7 Å². The van der Waals surface area contributed by atoms with Gasteiger partial charge in [0.2, 0.25) is 0 Å². The average molecular weight is 276 g/mol. The zero-order valence-electron chi connectivity index (χ0n) is 11.3. The number of rotatable bonds is 3. The molecule has 2 rings (SSSR count). The van der Waals surface area contributed by atoms with E-state index < -0.39 is 11.8 Å². The molecule has 0 atom stereocenters. The molecule has 0 unspecified atom stereocenters. The molecule has 0 aliphatic heterocycles. The molecular weight excluding hydrogens is 263 g/mol. The van der Waals surface area contributed by atoms with Crippen LogP contribution in [0.1, 0.15) is 16.1 Å². The number of hydrogen-bond acceptors (Lipinski definition) is 5. The second-order valence-electron chi connectivity index (χ2n) is 4.03. The van der Waals surface area contributed by atoms with Crippen molar-refractivity contribution in [2.45, 2.75) is 6.92 Å². The maximum atomic E-state index is 14.3. The number of hydrogen-bond donors (Lipinski definition) is 0. The minimum Gasteiger partial charge on any atom is -0.496 e. The highest BCUT2D eigenvalue weighted by molar-refractivity contribution is 5.87. The standard InChI is InChI=1S/C14H13FN2O3/c1-8-4-5-10(19-2)11(12(8)15)13-16-7-6-9(17-13)14(18)20-3/h4-7H,1-3H3. The van der Waals surface area contributed by atoms with Gasteiger partial charge in [-0.15, -0.1) is 0 Å². The molecule has 2 aromatic rings. The van der Waals surface area contributed by atoms with Crippen molar-refractivity contribution in [1.29, 1.82) is 0 Å². The summed E-state index contributed by atoms with van der Waals surface area (Å²) in [6, 6.07) is 4.62. The SMILES string of the molecule is COC(=O)c1ccnc(-c2c(OC)ccc(C)c2F)n1. The lowest BCUT2D eigenvalue weighted by molar-refractivity contribution is 0.0594. The number of nitrogens with zero attached hydrogens (tertiary/aromatic N) is 2. The monoisotopic (exact) mass is 276 g/mol. The summed E-state index contributed by atoms with van der Waals surface area (Å²) < 4.78 is 24.0. The molecular formula is C14H13FN2O3. The largest absolute Gasteiger partial charge is 0.496 e. The molecule has 0 saturated carbocycles. The Morgan fingerprint density at radius 1 is 1.25 bits per heavy atom. The van der Waals surface area contributed by atoms with Crippen molar-refractivity contribution in [3.63, 3.8) is 0 Å². The number of esters is 1. The van der Waals surface area contributed by atoms with Crippen LogP contribution in [0.15, 0.2) is 24.4 Å². The Balaban J connectivity index is 2.62. The number of carbonyl (C=O) groups excluding carboxylic acids is 1. The van der Waals surface area contributed by atoms with E-state index in [1.165, 1.54) is 26.5 Å². The molecule has 0 saturated heterocycles. The number of ether oxygens (including phenoxy) is 2. The van der Waals surface area contributed by atoms with E-state index in [1.54, 1.807) is 19.1 Å². The molecule has 0 aliphatic rings. The van der Waals surface area contributed by atoms with Crippen molar-refractivity contribution >= 4 is 5.97 Å². The molecule has 0 fully saturated rings. The molecule has 1 aromatic heterocycles. The van der Waals surface area contributed by atoms with Gasteiger partial charge in [0, 0.05) is 6.20 Å². The van der Waals surface area contributed by atoms with Crippen molar-refractivity contribution in [3.8, 4) is 17.1 Å². The molecule has 0 spiro atoms. The van der Waals surface area contributed by atoms with Crippen molar-refractivity contribution in [1.82, 2.24) is 9.97 Å². The van der Waals surface area contributed by atoms with E-state index in [4.69, 9.17) is 4.74 Å². The molecule has 104 valence electrons. The Bertz CT molecular complexity index is 659. The normalized spacial score (nSPS) is 10.2. The minimum absolute atomic E-state index is 0.0560. The highest BCUT2D eigenvalue weighted by Crippen LogP contribution is 2.31. The smallest absolute Gasteiger partial charge is 0.356 e. The topological polar surface area (TPSA) is 61.3 Å². The summed E-state index contributed by atoms with van der Waals surface area (Å²) >= 11 is 0. The fourth-order valence-corrected chi connectivity index (χ4v) is 1.74. The van der Waals surface area contributed by atoms with Gasteiger partial charge in [0.1, 0.15) is 11.6 Å². The van der Waals surface area contributed by atoms with Gasteiger partial charge in [0.05, 0.1) is 19.8 Å². The fraction of sp³-hybridized carbons (Fsp3) is 0.214. The molecule has 0 bridgehead atoms. The predicted octanol–water partition coefficient (Wildman–Crippen LogP) is 2.39. The first kappa shape index (κ1) is 13.9. The zero-order chi connectivity index (χ0) is 14.7. The van der Waals surface area contributed by atoms with Gasteiger partial charge in [-0.3, -0.25) is 0 Å². The van der Waals surface area contributed by atoms with Crippen molar-refractivity contribution in [2.75, 3.05) is 14.2 Å². The van der Waals surface area contributed by atoms with E-state index >= 15 is 0 Å². The fourth-order valence-electron chi connectivity index (χ4n) is 1.74. The van der Waals surface area contributed by atoms with Crippen LogP contribution in [0.3, 0.4) is 0 Å². The third kappa shape index (κ3) is 2.45. The van der Waals surface area contributed by atoms with Crippen LogP contribution in [0, 0.1) is 12.7 Å². The van der Waals surface area contributed by atoms with E-state index in [9.17, 15) is 9.18 Å². The Hall–Kier alpha value is -2.50. The summed E-state index contributed by atoms with van der Waals surface area (Å²) in [5.41, 5.74) is 0.617. The lowest BCUT2D eigenvalue weighted by atomic mass is 10.1. The maximum absolute atomic E-state index is 14.3. The molecule has 5 nitrogen and oxygen atoms in total. The predicted molar refractivity (Wildman–Crippen MR) is 70.1 cm³/mol. The minimum atomic E-state index is -0.610. The van der Waals surface area contributed by atoms with Crippen LogP contribution in [0.2, 0.25) is 0 Å². The molecule has 1 aromatic carbocycles. The summed E-state index contributed by atoms with van der Waals surface area (Å²) in [6.07, 6.45) is 1.37. The summed E-state index contributed by atoms with van der Waals surface area (Å²) in [5, 5.41) is 0.